The van der Waals surface area contributed by atoms with Crippen LogP contribution in [0, 0.1) is 0 Å². The van der Waals surface area contributed by atoms with Gasteiger partial charge in [-0.05, 0) is 0 Å². The maximum Gasteiger partial charge on any atom is 0.360 e. The zero-order valence-electron chi connectivity index (χ0n) is 12.0. The first-order chi connectivity index (χ1) is 9.65. The molecule has 10 heteroatoms. The fourth-order valence-corrected chi connectivity index (χ4v) is 1.25. The summed E-state index contributed by atoms with van der Waals surface area (Å²) < 4.78 is 0. The molecule has 0 saturated carbocycles. The lowest BCUT2D eigenvalue weighted by Crippen LogP contribution is -2.17. The van der Waals surface area contributed by atoms with Crippen LogP contribution in [0.5, 0.6) is 0 Å². The van der Waals surface area contributed by atoms with Crippen LogP contribution < -0.4 is 5.73 Å². The average Bonchev–Trinajstić information content (AvgIpc) is 2.75. The van der Waals surface area contributed by atoms with Crippen molar-refractivity contribution in [3.63, 3.8) is 0 Å². The highest BCUT2D eigenvalue weighted by Gasteiger charge is 2.17. The van der Waals surface area contributed by atoms with Crippen LogP contribution in [0.1, 0.15) is 19.5 Å². The number of aliphatic carboxylic acids is 1. The van der Waals surface area contributed by atoms with Crippen molar-refractivity contribution in [2.24, 2.45) is 5.16 Å². The normalized spacial score (nSPS) is 10.2. The van der Waals surface area contributed by atoms with E-state index >= 15 is 0 Å². The van der Waals surface area contributed by atoms with Gasteiger partial charge in [-0.15, -0.1) is 11.3 Å². The second-order valence-corrected chi connectivity index (χ2v) is 4.70. The molecule has 0 aliphatic heterocycles. The molecule has 0 aliphatic carbocycles. The molecule has 0 aliphatic rings. The van der Waals surface area contributed by atoms with Crippen molar-refractivity contribution in [3.8, 4) is 0 Å². The van der Waals surface area contributed by atoms with Crippen LogP contribution in [0.15, 0.2) is 10.5 Å². The highest BCUT2D eigenvalue weighted by atomic mass is 32.1. The molecule has 0 unspecified atom stereocenters. The monoisotopic (exact) mass is 316 g/mol. The Bertz CT molecular complexity index is 553. The molecule has 0 bridgehead atoms. The van der Waals surface area contributed by atoms with Crippen molar-refractivity contribution in [2.75, 3.05) is 19.8 Å². The number of oxime groups is 1. The smallest absolute Gasteiger partial charge is 0.360 e. The number of carbonyl (C=O) groups is 3. The molecule has 116 valence electrons. The second-order valence-electron chi connectivity index (χ2n) is 3.81. The average molecular weight is 316 g/mol. The maximum absolute atomic E-state index is 10.7. The quantitative estimate of drug-likeness (QED) is 0.461. The highest BCUT2D eigenvalue weighted by Crippen LogP contribution is 2.12. The van der Waals surface area contributed by atoms with Gasteiger partial charge >= 0.3 is 11.9 Å². The molecule has 1 heterocycles. The third-order valence-electron chi connectivity index (χ3n) is 1.86. The van der Waals surface area contributed by atoms with Gasteiger partial charge in [0.2, 0.25) is 11.6 Å². The van der Waals surface area contributed by atoms with Crippen LogP contribution >= 0.6 is 11.3 Å². The third-order valence-corrected chi connectivity index (χ3v) is 2.54. The minimum Gasteiger partial charge on any atom is -0.476 e. The lowest BCUT2D eigenvalue weighted by Gasteiger charge is -2.02. The molecule has 9 nitrogen and oxygen atoms in total. The van der Waals surface area contributed by atoms with Gasteiger partial charge in [-0.25, -0.2) is 14.6 Å². The molecular formula is C11H16N4O5S. The minimum absolute atomic E-state index is 0.0613. The first kappa shape index (κ1) is 18.5. The Hall–Kier alpha value is -2.49. The summed E-state index contributed by atoms with van der Waals surface area (Å²) in [6.07, 6.45) is 0. The summed E-state index contributed by atoms with van der Waals surface area (Å²) in [5.74, 6) is -1.96. The molecule has 1 rings (SSSR count). The van der Waals surface area contributed by atoms with E-state index in [1.807, 2.05) is 0 Å². The van der Waals surface area contributed by atoms with Crippen molar-refractivity contribution < 1.29 is 24.3 Å². The maximum atomic E-state index is 10.7. The van der Waals surface area contributed by atoms with E-state index in [1.54, 1.807) is 14.1 Å². The largest absolute Gasteiger partial charge is 0.476 e. The van der Waals surface area contributed by atoms with Crippen molar-refractivity contribution in [3.05, 3.63) is 11.1 Å². The first-order valence-corrected chi connectivity index (χ1v) is 6.41. The minimum atomic E-state index is -1.35. The van der Waals surface area contributed by atoms with Crippen LogP contribution in [-0.4, -0.2) is 52.6 Å². The van der Waals surface area contributed by atoms with E-state index in [1.165, 1.54) is 17.2 Å². The topological polar surface area (TPSA) is 135 Å². The fourth-order valence-electron chi connectivity index (χ4n) is 0.702. The Kier molecular flexibility index (Phi) is 7.61. The van der Waals surface area contributed by atoms with Crippen LogP contribution in [0.3, 0.4) is 0 Å². The van der Waals surface area contributed by atoms with E-state index in [-0.39, 0.29) is 16.7 Å². The lowest BCUT2D eigenvalue weighted by atomic mass is 10.3. The van der Waals surface area contributed by atoms with Gasteiger partial charge in [-0.2, -0.15) is 0 Å². The Labute approximate surface area is 125 Å². The molecule has 0 fully saturated rings. The lowest BCUT2D eigenvalue weighted by molar-refractivity contribution is -0.141. The van der Waals surface area contributed by atoms with E-state index < -0.39 is 17.7 Å². The van der Waals surface area contributed by atoms with Gasteiger partial charge < -0.3 is 20.6 Å². The second kappa shape index (κ2) is 8.64. The van der Waals surface area contributed by atoms with Crippen molar-refractivity contribution in [1.82, 2.24) is 9.88 Å². The summed E-state index contributed by atoms with van der Waals surface area (Å²) >= 11 is 1.07. The number of carboxylic acids is 1. The Morgan fingerprint density at radius 2 is 1.90 bits per heavy atom. The van der Waals surface area contributed by atoms with Crippen LogP contribution in [0.2, 0.25) is 0 Å². The number of thiazole rings is 1. The molecule has 1 aromatic rings. The van der Waals surface area contributed by atoms with E-state index in [4.69, 9.17) is 10.8 Å². The highest BCUT2D eigenvalue weighted by molar-refractivity contribution is 7.13. The molecule has 0 saturated heterocycles. The number of carboxylic acid groups (broad SMARTS) is 1. The standard InChI is InChI=1S/C7H7N3O4S.C4H9NO/c1-3(11)14-10-5(6(12)13)4-2-15-7(8)9-4;1-4(6)5(2)3/h2H,1H3,(H2,8,9)(H,12,13);1-3H3/b10-5-;. The summed E-state index contributed by atoms with van der Waals surface area (Å²) in [5, 5.41) is 13.5. The van der Waals surface area contributed by atoms with Crippen LogP contribution in [0.4, 0.5) is 5.13 Å². The molecule has 1 aromatic heterocycles. The SMILES string of the molecule is CC(=O)N(C)C.CC(=O)O/N=C(\C(=O)O)c1csc(N)n1. The van der Waals surface area contributed by atoms with Gasteiger partial charge in [0.25, 0.3) is 0 Å². The molecule has 1 amide bonds. The predicted molar refractivity (Wildman–Crippen MR) is 76.8 cm³/mol. The van der Waals surface area contributed by atoms with Gasteiger partial charge in [-0.1, -0.05) is 5.16 Å². The number of carbonyl (C=O) groups excluding carboxylic acids is 2. The van der Waals surface area contributed by atoms with Gasteiger partial charge in [0.05, 0.1) is 0 Å². The van der Waals surface area contributed by atoms with Gasteiger partial charge in [-0.3, -0.25) is 4.79 Å². The molecular weight excluding hydrogens is 300 g/mol. The number of aromatic nitrogens is 1. The van der Waals surface area contributed by atoms with E-state index in [0.29, 0.717) is 0 Å². The fraction of sp³-hybridized carbons (Fsp3) is 0.364. The Balaban J connectivity index is 0.000000567. The summed E-state index contributed by atoms with van der Waals surface area (Å²) in [5.41, 5.74) is 4.93. The number of nitrogen functional groups attached to an aromatic ring is 1. The number of hydrogen-bond donors (Lipinski definition) is 2. The summed E-state index contributed by atoms with van der Waals surface area (Å²) in [6.45, 7) is 2.64. The number of amides is 1. The van der Waals surface area contributed by atoms with Gasteiger partial charge in [0, 0.05) is 33.3 Å². The van der Waals surface area contributed by atoms with Crippen LogP contribution in [-0.2, 0) is 19.2 Å². The van der Waals surface area contributed by atoms with Crippen molar-refractivity contribution >= 4 is 40.0 Å². The molecule has 0 radical (unpaired) electrons. The van der Waals surface area contributed by atoms with Gasteiger partial charge in [0.1, 0.15) is 5.69 Å². The van der Waals surface area contributed by atoms with Crippen molar-refractivity contribution in [1.29, 1.82) is 0 Å². The number of rotatable bonds is 3. The molecule has 0 atom stereocenters. The molecule has 3 N–H and O–H groups in total. The van der Waals surface area contributed by atoms with E-state index in [2.05, 4.69) is 15.0 Å². The van der Waals surface area contributed by atoms with Gasteiger partial charge in [0.15, 0.2) is 5.13 Å². The number of nitrogens with zero attached hydrogens (tertiary/aromatic N) is 3. The summed E-state index contributed by atoms with van der Waals surface area (Å²) in [4.78, 5) is 40.7. The van der Waals surface area contributed by atoms with E-state index in [9.17, 15) is 14.4 Å². The number of hydrogen-bond acceptors (Lipinski definition) is 8. The van der Waals surface area contributed by atoms with E-state index in [0.717, 1.165) is 18.3 Å². The Morgan fingerprint density at radius 3 is 2.19 bits per heavy atom. The molecule has 0 spiro atoms. The Morgan fingerprint density at radius 1 is 1.38 bits per heavy atom. The molecule has 21 heavy (non-hydrogen) atoms. The number of anilines is 1. The summed E-state index contributed by atoms with van der Waals surface area (Å²) in [7, 11) is 3.45. The third kappa shape index (κ3) is 7.62. The predicted octanol–water partition coefficient (Wildman–Crippen LogP) is 0.172. The zero-order valence-corrected chi connectivity index (χ0v) is 12.8. The number of nitrogens with two attached hydrogens (primary N) is 1. The molecule has 0 aromatic carbocycles. The van der Waals surface area contributed by atoms with Crippen LogP contribution in [0.25, 0.3) is 0 Å². The summed E-state index contributed by atoms with van der Waals surface area (Å²) in [6, 6.07) is 0. The zero-order chi connectivity index (χ0) is 16.6. The first-order valence-electron chi connectivity index (χ1n) is 5.53. The van der Waals surface area contributed by atoms with Crippen molar-refractivity contribution in [2.45, 2.75) is 13.8 Å².